The summed E-state index contributed by atoms with van der Waals surface area (Å²) in [5.74, 6) is 1.20. The molecule has 0 saturated carbocycles. The number of fused-ring (bicyclic) bond motifs is 1. The van der Waals surface area contributed by atoms with E-state index in [4.69, 9.17) is 21.4 Å². The maximum atomic E-state index is 8.94. The van der Waals surface area contributed by atoms with Crippen LogP contribution in [0.25, 0.3) is 0 Å². The lowest BCUT2D eigenvalue weighted by Crippen LogP contribution is -2.15. The molecule has 76 valence electrons. The number of ether oxygens (including phenoxy) is 1. The van der Waals surface area contributed by atoms with Crippen molar-refractivity contribution in [2.24, 2.45) is 0 Å². The molecule has 0 saturated heterocycles. The van der Waals surface area contributed by atoms with E-state index in [0.29, 0.717) is 17.5 Å². The fourth-order valence-corrected chi connectivity index (χ4v) is 2.15. The zero-order valence-electron chi connectivity index (χ0n) is 7.87. The Hall–Kier alpha value is -0.730. The number of benzene rings is 1. The SMILES string of the molecule is OCCC1CCOc2c(Cl)cccc21. The first kappa shape index (κ1) is 9.81. The van der Waals surface area contributed by atoms with E-state index in [9.17, 15) is 0 Å². The van der Waals surface area contributed by atoms with E-state index >= 15 is 0 Å². The van der Waals surface area contributed by atoms with Gasteiger partial charge < -0.3 is 9.84 Å². The second-order valence-corrected chi connectivity index (χ2v) is 3.91. The van der Waals surface area contributed by atoms with E-state index in [1.807, 2.05) is 18.2 Å². The van der Waals surface area contributed by atoms with Crippen LogP contribution in [0.2, 0.25) is 5.02 Å². The van der Waals surface area contributed by atoms with Crippen molar-refractivity contribution in [3.05, 3.63) is 28.8 Å². The molecule has 0 aromatic heterocycles. The minimum absolute atomic E-state index is 0.219. The van der Waals surface area contributed by atoms with Gasteiger partial charge in [0.05, 0.1) is 11.6 Å². The first-order valence-electron chi connectivity index (χ1n) is 4.85. The summed E-state index contributed by atoms with van der Waals surface area (Å²) >= 11 is 6.02. The van der Waals surface area contributed by atoms with Crippen molar-refractivity contribution in [2.75, 3.05) is 13.2 Å². The Balaban J connectivity index is 2.34. The maximum absolute atomic E-state index is 8.94. The van der Waals surface area contributed by atoms with Crippen molar-refractivity contribution in [2.45, 2.75) is 18.8 Å². The van der Waals surface area contributed by atoms with Gasteiger partial charge in [-0.15, -0.1) is 0 Å². The van der Waals surface area contributed by atoms with Crippen LogP contribution in [0.5, 0.6) is 5.75 Å². The fraction of sp³-hybridized carbons (Fsp3) is 0.455. The van der Waals surface area contributed by atoms with Crippen molar-refractivity contribution >= 4 is 11.6 Å². The topological polar surface area (TPSA) is 29.5 Å². The van der Waals surface area contributed by atoms with Crippen LogP contribution >= 0.6 is 11.6 Å². The molecule has 1 aliphatic rings. The van der Waals surface area contributed by atoms with Gasteiger partial charge in [-0.2, -0.15) is 0 Å². The molecule has 1 N–H and O–H groups in total. The Morgan fingerprint density at radius 1 is 1.50 bits per heavy atom. The third-order valence-corrected chi connectivity index (χ3v) is 2.93. The smallest absolute Gasteiger partial charge is 0.141 e. The zero-order valence-corrected chi connectivity index (χ0v) is 8.63. The van der Waals surface area contributed by atoms with Crippen LogP contribution in [0.1, 0.15) is 24.3 Å². The van der Waals surface area contributed by atoms with Gasteiger partial charge in [-0.25, -0.2) is 0 Å². The number of hydrogen-bond donors (Lipinski definition) is 1. The summed E-state index contributed by atoms with van der Waals surface area (Å²) in [5, 5.41) is 9.61. The van der Waals surface area contributed by atoms with Crippen LogP contribution in [0, 0.1) is 0 Å². The minimum atomic E-state index is 0.219. The molecule has 0 radical (unpaired) electrons. The van der Waals surface area contributed by atoms with Crippen LogP contribution in [0.3, 0.4) is 0 Å². The molecular weight excluding hydrogens is 200 g/mol. The Bertz CT molecular complexity index is 325. The summed E-state index contributed by atoms with van der Waals surface area (Å²) < 4.78 is 5.52. The molecule has 1 unspecified atom stereocenters. The highest BCUT2D eigenvalue weighted by atomic mass is 35.5. The second-order valence-electron chi connectivity index (χ2n) is 3.50. The van der Waals surface area contributed by atoms with Crippen LogP contribution in [-0.4, -0.2) is 18.3 Å². The molecule has 1 atom stereocenters. The lowest BCUT2D eigenvalue weighted by Gasteiger charge is -2.25. The highest BCUT2D eigenvalue weighted by molar-refractivity contribution is 6.32. The molecule has 0 bridgehead atoms. The van der Waals surface area contributed by atoms with E-state index in [-0.39, 0.29) is 6.61 Å². The lowest BCUT2D eigenvalue weighted by molar-refractivity contribution is 0.230. The predicted octanol–water partition coefficient (Wildman–Crippen LogP) is 2.59. The number of para-hydroxylation sites is 1. The van der Waals surface area contributed by atoms with Crippen LogP contribution in [0.15, 0.2) is 18.2 Å². The molecule has 14 heavy (non-hydrogen) atoms. The van der Waals surface area contributed by atoms with Gasteiger partial charge in [0.25, 0.3) is 0 Å². The van der Waals surface area contributed by atoms with E-state index in [2.05, 4.69) is 0 Å². The Morgan fingerprint density at radius 2 is 2.36 bits per heavy atom. The standard InChI is InChI=1S/C11H13ClO2/c12-10-3-1-2-9-8(4-6-13)5-7-14-11(9)10/h1-3,8,13H,4-7H2. The van der Waals surface area contributed by atoms with Gasteiger partial charge in [-0.05, 0) is 30.4 Å². The number of aliphatic hydroxyl groups is 1. The fourth-order valence-electron chi connectivity index (χ4n) is 1.91. The molecule has 1 aromatic carbocycles. The average molecular weight is 213 g/mol. The van der Waals surface area contributed by atoms with Gasteiger partial charge in [0.15, 0.2) is 0 Å². The third-order valence-electron chi connectivity index (χ3n) is 2.63. The monoisotopic (exact) mass is 212 g/mol. The van der Waals surface area contributed by atoms with E-state index in [1.165, 1.54) is 0 Å². The highest BCUT2D eigenvalue weighted by Crippen LogP contribution is 2.39. The first-order valence-corrected chi connectivity index (χ1v) is 5.23. The Labute approximate surface area is 88.5 Å². The Morgan fingerprint density at radius 3 is 3.14 bits per heavy atom. The summed E-state index contributed by atoms with van der Waals surface area (Å²) in [6.07, 6.45) is 1.75. The van der Waals surface area contributed by atoms with Gasteiger partial charge in [0.1, 0.15) is 5.75 Å². The predicted molar refractivity (Wildman–Crippen MR) is 56.0 cm³/mol. The van der Waals surface area contributed by atoms with Gasteiger partial charge in [0.2, 0.25) is 0 Å². The van der Waals surface area contributed by atoms with E-state index < -0.39 is 0 Å². The second kappa shape index (κ2) is 4.20. The van der Waals surface area contributed by atoms with Crippen LogP contribution in [0.4, 0.5) is 0 Å². The minimum Gasteiger partial charge on any atom is -0.492 e. The first-order chi connectivity index (χ1) is 6.83. The lowest BCUT2D eigenvalue weighted by atomic mass is 9.91. The average Bonchev–Trinajstić information content (AvgIpc) is 2.20. The van der Waals surface area contributed by atoms with Gasteiger partial charge >= 0.3 is 0 Å². The maximum Gasteiger partial charge on any atom is 0.141 e. The number of hydrogen-bond acceptors (Lipinski definition) is 2. The molecule has 0 spiro atoms. The van der Waals surface area contributed by atoms with Gasteiger partial charge in [-0.3, -0.25) is 0 Å². The van der Waals surface area contributed by atoms with Crippen LogP contribution in [-0.2, 0) is 0 Å². The van der Waals surface area contributed by atoms with Crippen LogP contribution < -0.4 is 4.74 Å². The van der Waals surface area contributed by atoms with Gasteiger partial charge in [-0.1, -0.05) is 23.7 Å². The van der Waals surface area contributed by atoms with Crippen molar-refractivity contribution in [1.29, 1.82) is 0 Å². The molecular formula is C11H13ClO2. The molecule has 1 heterocycles. The molecule has 2 nitrogen and oxygen atoms in total. The largest absolute Gasteiger partial charge is 0.492 e. The van der Waals surface area contributed by atoms with Crippen molar-refractivity contribution in [3.63, 3.8) is 0 Å². The summed E-state index contributed by atoms with van der Waals surface area (Å²) in [5.41, 5.74) is 1.14. The van der Waals surface area contributed by atoms with E-state index in [0.717, 1.165) is 24.2 Å². The molecule has 0 aliphatic carbocycles. The van der Waals surface area contributed by atoms with Crippen molar-refractivity contribution < 1.29 is 9.84 Å². The molecule has 1 aromatic rings. The number of halogens is 1. The number of rotatable bonds is 2. The Kier molecular flexibility index (Phi) is 2.94. The van der Waals surface area contributed by atoms with Gasteiger partial charge in [0, 0.05) is 6.61 Å². The normalized spacial score (nSPS) is 20.0. The number of aliphatic hydroxyl groups excluding tert-OH is 1. The highest BCUT2D eigenvalue weighted by Gasteiger charge is 2.22. The quantitative estimate of drug-likeness (QED) is 0.817. The third kappa shape index (κ3) is 1.72. The summed E-state index contributed by atoms with van der Waals surface area (Å²) in [6.45, 7) is 0.915. The van der Waals surface area contributed by atoms with E-state index in [1.54, 1.807) is 0 Å². The molecule has 0 fully saturated rings. The summed E-state index contributed by atoms with van der Waals surface area (Å²) in [4.78, 5) is 0. The molecule has 2 rings (SSSR count). The molecule has 0 amide bonds. The van der Waals surface area contributed by atoms with Crippen molar-refractivity contribution in [3.8, 4) is 5.75 Å². The summed E-state index contributed by atoms with van der Waals surface area (Å²) in [7, 11) is 0. The summed E-state index contributed by atoms with van der Waals surface area (Å²) in [6, 6.07) is 5.79. The van der Waals surface area contributed by atoms with Crippen molar-refractivity contribution in [1.82, 2.24) is 0 Å². The zero-order chi connectivity index (χ0) is 9.97. The molecule has 1 aliphatic heterocycles. The molecule has 3 heteroatoms.